The van der Waals surface area contributed by atoms with E-state index in [2.05, 4.69) is 10.3 Å². The standard InChI is InChI=1S/C24H28N4O4/c1-32-22-12-20(25)16(13-26-17-6-4-15(14-29)5-7-17)11-19(22)23(30)27-21-3-2-10-28(24(21)31)18-8-9-18/h2-3,10-15,17-18H,4-9,25H2,1H3,(H,27,30). The number of hydrogen-bond donors (Lipinski definition) is 2. The minimum Gasteiger partial charge on any atom is -0.496 e. The zero-order valence-electron chi connectivity index (χ0n) is 18.1. The molecule has 2 fully saturated rings. The zero-order chi connectivity index (χ0) is 22.7. The summed E-state index contributed by atoms with van der Waals surface area (Å²) in [6.07, 6.45) is 9.79. The van der Waals surface area contributed by atoms with E-state index in [0.717, 1.165) is 44.8 Å². The van der Waals surface area contributed by atoms with Gasteiger partial charge in [0.2, 0.25) is 0 Å². The van der Waals surface area contributed by atoms with Crippen LogP contribution in [0.15, 0.2) is 40.2 Å². The Hall–Kier alpha value is -3.42. The van der Waals surface area contributed by atoms with Crippen molar-refractivity contribution in [3.63, 3.8) is 0 Å². The molecule has 3 N–H and O–H groups in total. The van der Waals surface area contributed by atoms with E-state index in [4.69, 9.17) is 10.5 Å². The van der Waals surface area contributed by atoms with Crippen LogP contribution in [0.3, 0.4) is 0 Å². The maximum atomic E-state index is 13.0. The first-order chi connectivity index (χ1) is 15.5. The molecule has 1 heterocycles. The number of nitrogens with zero attached hydrogens (tertiary/aromatic N) is 2. The molecule has 0 atom stereocenters. The van der Waals surface area contributed by atoms with Gasteiger partial charge in [-0.3, -0.25) is 14.6 Å². The largest absolute Gasteiger partial charge is 0.496 e. The highest BCUT2D eigenvalue weighted by Gasteiger charge is 2.25. The van der Waals surface area contributed by atoms with Crippen LogP contribution in [0, 0.1) is 5.92 Å². The minimum absolute atomic E-state index is 0.130. The third-order valence-corrected chi connectivity index (χ3v) is 6.17. The number of aliphatic imine (C=N–C) groups is 1. The van der Waals surface area contributed by atoms with Crippen LogP contribution >= 0.6 is 0 Å². The maximum Gasteiger partial charge on any atom is 0.274 e. The van der Waals surface area contributed by atoms with Gasteiger partial charge in [-0.05, 0) is 56.7 Å². The number of pyridine rings is 1. The third-order valence-electron chi connectivity index (χ3n) is 6.17. The molecule has 1 amide bonds. The van der Waals surface area contributed by atoms with Crippen LogP contribution in [0.4, 0.5) is 11.4 Å². The third kappa shape index (κ3) is 4.74. The molecular weight excluding hydrogens is 408 g/mol. The quantitative estimate of drug-likeness (QED) is 0.393. The van der Waals surface area contributed by atoms with Gasteiger partial charge in [0.25, 0.3) is 11.5 Å². The van der Waals surface area contributed by atoms with Gasteiger partial charge < -0.3 is 25.1 Å². The fourth-order valence-corrected chi connectivity index (χ4v) is 4.08. The summed E-state index contributed by atoms with van der Waals surface area (Å²) < 4.78 is 7.02. The van der Waals surface area contributed by atoms with Gasteiger partial charge in [0.15, 0.2) is 0 Å². The van der Waals surface area contributed by atoms with Crippen molar-refractivity contribution in [2.75, 3.05) is 18.2 Å². The van der Waals surface area contributed by atoms with E-state index in [9.17, 15) is 14.4 Å². The number of carbonyl (C=O) groups excluding carboxylic acids is 2. The molecule has 0 saturated heterocycles. The van der Waals surface area contributed by atoms with Gasteiger partial charge in [-0.2, -0.15) is 0 Å². The van der Waals surface area contributed by atoms with E-state index in [0.29, 0.717) is 17.0 Å². The Morgan fingerprint density at radius 3 is 2.62 bits per heavy atom. The number of benzene rings is 1. The molecule has 2 aliphatic rings. The number of nitrogens with one attached hydrogen (secondary N) is 1. The molecule has 0 bridgehead atoms. The van der Waals surface area contributed by atoms with E-state index >= 15 is 0 Å². The zero-order valence-corrected chi connectivity index (χ0v) is 18.1. The van der Waals surface area contributed by atoms with E-state index < -0.39 is 5.91 Å². The predicted octanol–water partition coefficient (Wildman–Crippen LogP) is 3.20. The van der Waals surface area contributed by atoms with Crippen LogP contribution in [0.25, 0.3) is 0 Å². The number of hydrogen-bond acceptors (Lipinski definition) is 6. The molecule has 8 heteroatoms. The second-order valence-corrected chi connectivity index (χ2v) is 8.48. The first-order valence-corrected chi connectivity index (χ1v) is 11.0. The lowest BCUT2D eigenvalue weighted by Gasteiger charge is -2.22. The molecule has 168 valence electrons. The smallest absolute Gasteiger partial charge is 0.274 e. The Morgan fingerprint density at radius 2 is 1.97 bits per heavy atom. The van der Waals surface area contributed by atoms with Crippen LogP contribution in [-0.4, -0.2) is 36.1 Å². The van der Waals surface area contributed by atoms with Gasteiger partial charge >= 0.3 is 0 Å². The summed E-state index contributed by atoms with van der Waals surface area (Å²) in [6.45, 7) is 0. The number of aldehydes is 1. The molecular formula is C24H28N4O4. The highest BCUT2D eigenvalue weighted by Crippen LogP contribution is 2.33. The van der Waals surface area contributed by atoms with E-state index in [-0.39, 0.29) is 34.8 Å². The van der Waals surface area contributed by atoms with Gasteiger partial charge in [-0.1, -0.05) is 0 Å². The number of carbonyl (C=O) groups is 2. The number of anilines is 2. The predicted molar refractivity (Wildman–Crippen MR) is 124 cm³/mol. The van der Waals surface area contributed by atoms with Crippen LogP contribution in [0.2, 0.25) is 0 Å². The highest BCUT2D eigenvalue weighted by atomic mass is 16.5. The van der Waals surface area contributed by atoms with Crippen molar-refractivity contribution < 1.29 is 14.3 Å². The molecule has 32 heavy (non-hydrogen) atoms. The summed E-state index contributed by atoms with van der Waals surface area (Å²) in [5.74, 6) is 0.000944. The number of nitrogens with two attached hydrogens (primary N) is 1. The molecule has 0 radical (unpaired) electrons. The fourth-order valence-electron chi connectivity index (χ4n) is 4.08. The summed E-state index contributed by atoms with van der Waals surface area (Å²) in [6, 6.07) is 6.93. The summed E-state index contributed by atoms with van der Waals surface area (Å²) >= 11 is 0. The topological polar surface area (TPSA) is 116 Å². The van der Waals surface area contributed by atoms with E-state index in [1.165, 1.54) is 7.11 Å². The average molecular weight is 437 g/mol. The summed E-state index contributed by atoms with van der Waals surface area (Å²) in [5, 5.41) is 2.72. The Balaban J connectivity index is 1.55. The summed E-state index contributed by atoms with van der Waals surface area (Å²) in [5.41, 5.74) is 7.49. The monoisotopic (exact) mass is 436 g/mol. The van der Waals surface area contributed by atoms with Gasteiger partial charge in [0, 0.05) is 47.7 Å². The number of amides is 1. The number of aromatic nitrogens is 1. The van der Waals surface area contributed by atoms with Crippen LogP contribution in [0.5, 0.6) is 5.75 Å². The molecule has 1 aromatic carbocycles. The first kappa shape index (κ1) is 21.8. The molecule has 4 rings (SSSR count). The van der Waals surface area contributed by atoms with Gasteiger partial charge in [0.1, 0.15) is 17.7 Å². The number of methoxy groups -OCH3 is 1. The van der Waals surface area contributed by atoms with Crippen molar-refractivity contribution >= 4 is 29.8 Å². The molecule has 2 aromatic rings. The lowest BCUT2D eigenvalue weighted by Crippen LogP contribution is -2.25. The minimum atomic E-state index is -0.450. The van der Waals surface area contributed by atoms with Gasteiger partial charge in [0.05, 0.1) is 12.7 Å². The van der Waals surface area contributed by atoms with Crippen molar-refractivity contribution in [3.05, 3.63) is 51.9 Å². The SMILES string of the molecule is COc1cc(N)c(C=NC2CCC(C=O)CC2)cc1C(=O)Nc1cccn(C2CC2)c1=O. The van der Waals surface area contributed by atoms with Crippen LogP contribution < -0.4 is 21.3 Å². The Labute approximate surface area is 186 Å². The van der Waals surface area contributed by atoms with Crippen molar-refractivity contribution in [2.24, 2.45) is 10.9 Å². The molecule has 0 spiro atoms. The molecule has 1 aromatic heterocycles. The second kappa shape index (κ2) is 9.38. The van der Waals surface area contributed by atoms with Crippen molar-refractivity contribution in [1.29, 1.82) is 0 Å². The van der Waals surface area contributed by atoms with E-state index in [1.807, 2.05) is 0 Å². The van der Waals surface area contributed by atoms with Crippen LogP contribution in [0.1, 0.15) is 60.5 Å². The van der Waals surface area contributed by atoms with Crippen molar-refractivity contribution in [3.8, 4) is 5.75 Å². The molecule has 0 aliphatic heterocycles. The van der Waals surface area contributed by atoms with Crippen molar-refractivity contribution in [1.82, 2.24) is 4.57 Å². The first-order valence-electron chi connectivity index (χ1n) is 11.0. The molecule has 2 aliphatic carbocycles. The fraction of sp³-hybridized carbons (Fsp3) is 0.417. The van der Waals surface area contributed by atoms with Crippen molar-refractivity contribution in [2.45, 2.75) is 50.6 Å². The highest BCUT2D eigenvalue weighted by molar-refractivity contribution is 6.08. The van der Waals surface area contributed by atoms with Crippen LogP contribution in [-0.2, 0) is 4.79 Å². The lowest BCUT2D eigenvalue weighted by atomic mass is 9.87. The van der Waals surface area contributed by atoms with Gasteiger partial charge in [-0.25, -0.2) is 0 Å². The maximum absolute atomic E-state index is 13.0. The molecule has 2 saturated carbocycles. The Kier molecular flexibility index (Phi) is 6.39. The number of nitrogen functional groups attached to an aromatic ring is 1. The normalized spacial score (nSPS) is 20.8. The molecule has 8 nitrogen and oxygen atoms in total. The van der Waals surface area contributed by atoms with Gasteiger partial charge in [-0.15, -0.1) is 0 Å². The second-order valence-electron chi connectivity index (χ2n) is 8.48. The Morgan fingerprint density at radius 1 is 1.22 bits per heavy atom. The van der Waals surface area contributed by atoms with E-state index in [1.54, 1.807) is 41.2 Å². The Bertz CT molecular complexity index is 1100. The summed E-state index contributed by atoms with van der Waals surface area (Å²) in [4.78, 5) is 41.3. The molecule has 0 unspecified atom stereocenters. The summed E-state index contributed by atoms with van der Waals surface area (Å²) in [7, 11) is 1.47. The lowest BCUT2D eigenvalue weighted by molar-refractivity contribution is -0.111. The number of ether oxygens (including phenoxy) is 1. The number of rotatable bonds is 7. The average Bonchev–Trinajstić information content (AvgIpc) is 3.65.